The molecule has 3 heterocycles. The van der Waals surface area contributed by atoms with Crippen molar-refractivity contribution in [1.29, 1.82) is 0 Å². The van der Waals surface area contributed by atoms with Crippen LogP contribution in [0, 0.1) is 0 Å². The molecule has 6 heteroatoms. The Morgan fingerprint density at radius 3 is 2.91 bits per heavy atom. The van der Waals surface area contributed by atoms with Crippen LogP contribution in [0.2, 0.25) is 0 Å². The highest BCUT2D eigenvalue weighted by atomic mass is 16.5. The van der Waals surface area contributed by atoms with Crippen LogP contribution in [0.1, 0.15) is 12.8 Å². The van der Waals surface area contributed by atoms with Crippen molar-refractivity contribution in [3.05, 3.63) is 53.2 Å². The third-order valence-corrected chi connectivity index (χ3v) is 3.98. The van der Waals surface area contributed by atoms with Crippen LogP contribution in [0.5, 0.6) is 0 Å². The standard InChI is InChI=1S/C16H16N4O2/c21-16-14-9-18-20(12-5-2-1-3-6-12)15(14)17-11-19(16)10-13-7-4-8-22-13/h1-3,5-6,9,11,13H,4,7-8,10H2. The summed E-state index contributed by atoms with van der Waals surface area (Å²) in [6.07, 6.45) is 5.34. The van der Waals surface area contributed by atoms with Gasteiger partial charge >= 0.3 is 0 Å². The molecule has 6 nitrogen and oxygen atoms in total. The molecule has 1 fully saturated rings. The smallest absolute Gasteiger partial charge is 0.264 e. The predicted molar refractivity (Wildman–Crippen MR) is 82.1 cm³/mol. The van der Waals surface area contributed by atoms with E-state index in [1.165, 1.54) is 0 Å². The van der Waals surface area contributed by atoms with Crippen LogP contribution in [0.4, 0.5) is 0 Å². The second-order valence-electron chi connectivity index (χ2n) is 5.47. The van der Waals surface area contributed by atoms with Gasteiger partial charge in [-0.1, -0.05) is 18.2 Å². The Bertz CT molecular complexity index is 847. The van der Waals surface area contributed by atoms with Gasteiger partial charge < -0.3 is 4.74 Å². The molecule has 0 amide bonds. The van der Waals surface area contributed by atoms with Crippen LogP contribution >= 0.6 is 0 Å². The number of aromatic nitrogens is 4. The summed E-state index contributed by atoms with van der Waals surface area (Å²) >= 11 is 0. The first-order valence-corrected chi connectivity index (χ1v) is 7.43. The van der Waals surface area contributed by atoms with Gasteiger partial charge in [0.1, 0.15) is 11.7 Å². The van der Waals surface area contributed by atoms with E-state index >= 15 is 0 Å². The first-order valence-electron chi connectivity index (χ1n) is 7.43. The van der Waals surface area contributed by atoms with Gasteiger partial charge in [-0.2, -0.15) is 5.10 Å². The van der Waals surface area contributed by atoms with E-state index in [2.05, 4.69) is 10.1 Å². The maximum Gasteiger partial charge on any atom is 0.264 e. The van der Waals surface area contributed by atoms with Gasteiger partial charge in [-0.05, 0) is 25.0 Å². The minimum absolute atomic E-state index is 0.0670. The second-order valence-corrected chi connectivity index (χ2v) is 5.47. The summed E-state index contributed by atoms with van der Waals surface area (Å²) in [6.45, 7) is 1.33. The van der Waals surface area contributed by atoms with Gasteiger partial charge in [0.15, 0.2) is 5.65 Å². The number of rotatable bonds is 3. The summed E-state index contributed by atoms with van der Waals surface area (Å²) in [4.78, 5) is 17.0. The minimum atomic E-state index is -0.0670. The van der Waals surface area contributed by atoms with Crippen molar-refractivity contribution < 1.29 is 4.74 Å². The van der Waals surface area contributed by atoms with E-state index in [0.717, 1.165) is 25.1 Å². The fraction of sp³-hybridized carbons (Fsp3) is 0.312. The summed E-state index contributed by atoms with van der Waals surface area (Å²) in [6, 6.07) is 9.68. The van der Waals surface area contributed by atoms with Gasteiger partial charge in [0.25, 0.3) is 5.56 Å². The molecule has 1 atom stereocenters. The van der Waals surface area contributed by atoms with E-state index in [4.69, 9.17) is 4.74 Å². The highest BCUT2D eigenvalue weighted by Gasteiger charge is 2.18. The van der Waals surface area contributed by atoms with Crippen molar-refractivity contribution in [2.45, 2.75) is 25.5 Å². The molecule has 0 radical (unpaired) electrons. The van der Waals surface area contributed by atoms with Crippen LogP contribution < -0.4 is 5.56 Å². The van der Waals surface area contributed by atoms with Crippen molar-refractivity contribution in [2.75, 3.05) is 6.61 Å². The number of nitrogens with zero attached hydrogens (tertiary/aromatic N) is 4. The van der Waals surface area contributed by atoms with Crippen molar-refractivity contribution in [1.82, 2.24) is 19.3 Å². The Hall–Kier alpha value is -2.47. The average Bonchev–Trinajstić information content (AvgIpc) is 3.21. The zero-order chi connectivity index (χ0) is 14.9. The Balaban J connectivity index is 1.76. The molecule has 0 N–H and O–H groups in total. The van der Waals surface area contributed by atoms with E-state index in [-0.39, 0.29) is 11.7 Å². The molecule has 1 aliphatic heterocycles. The van der Waals surface area contributed by atoms with E-state index in [1.54, 1.807) is 21.8 Å². The van der Waals surface area contributed by atoms with E-state index in [1.807, 2.05) is 30.3 Å². The monoisotopic (exact) mass is 296 g/mol. The topological polar surface area (TPSA) is 61.9 Å². The molecule has 0 spiro atoms. The lowest BCUT2D eigenvalue weighted by Crippen LogP contribution is -2.26. The van der Waals surface area contributed by atoms with E-state index < -0.39 is 0 Å². The van der Waals surface area contributed by atoms with E-state index in [9.17, 15) is 4.79 Å². The lowest BCUT2D eigenvalue weighted by Gasteiger charge is -2.11. The Labute approximate surface area is 127 Å². The summed E-state index contributed by atoms with van der Waals surface area (Å²) in [5, 5.41) is 4.84. The van der Waals surface area contributed by atoms with Crippen LogP contribution in [0.25, 0.3) is 16.7 Å². The van der Waals surface area contributed by atoms with Gasteiger partial charge in [-0.25, -0.2) is 9.67 Å². The Kier molecular flexibility index (Phi) is 3.23. The maximum atomic E-state index is 12.6. The van der Waals surface area contributed by atoms with Gasteiger partial charge in [-0.3, -0.25) is 9.36 Å². The minimum Gasteiger partial charge on any atom is -0.376 e. The molecule has 0 saturated carbocycles. The van der Waals surface area contributed by atoms with Crippen LogP contribution in [0.15, 0.2) is 47.7 Å². The molecule has 1 aliphatic rings. The van der Waals surface area contributed by atoms with Crippen molar-refractivity contribution in [2.24, 2.45) is 0 Å². The fourth-order valence-electron chi connectivity index (χ4n) is 2.84. The third kappa shape index (κ3) is 2.21. The molecule has 2 aromatic heterocycles. The molecule has 4 rings (SSSR count). The fourth-order valence-corrected chi connectivity index (χ4v) is 2.84. The first-order chi connectivity index (χ1) is 10.8. The normalized spacial score (nSPS) is 18.1. The largest absolute Gasteiger partial charge is 0.376 e. The molecule has 3 aromatic rings. The lowest BCUT2D eigenvalue weighted by molar-refractivity contribution is 0.0960. The number of hydrogen-bond acceptors (Lipinski definition) is 4. The Morgan fingerprint density at radius 2 is 2.14 bits per heavy atom. The summed E-state index contributed by atoms with van der Waals surface area (Å²) < 4.78 is 8.90. The summed E-state index contributed by atoms with van der Waals surface area (Å²) in [7, 11) is 0. The van der Waals surface area contributed by atoms with Gasteiger partial charge in [0, 0.05) is 6.61 Å². The zero-order valence-corrected chi connectivity index (χ0v) is 12.1. The maximum absolute atomic E-state index is 12.6. The van der Waals surface area contributed by atoms with Crippen molar-refractivity contribution >= 4 is 11.0 Å². The number of ether oxygens (including phenoxy) is 1. The molecule has 1 aromatic carbocycles. The van der Waals surface area contributed by atoms with Gasteiger partial charge in [-0.15, -0.1) is 0 Å². The highest BCUT2D eigenvalue weighted by Crippen LogP contribution is 2.15. The van der Waals surface area contributed by atoms with E-state index in [0.29, 0.717) is 17.6 Å². The number of para-hydroxylation sites is 1. The quantitative estimate of drug-likeness (QED) is 0.739. The molecule has 22 heavy (non-hydrogen) atoms. The molecule has 1 saturated heterocycles. The molecule has 0 bridgehead atoms. The van der Waals surface area contributed by atoms with Crippen molar-refractivity contribution in [3.8, 4) is 5.69 Å². The SMILES string of the molecule is O=c1c2cnn(-c3ccccc3)c2ncn1CC1CCCO1. The van der Waals surface area contributed by atoms with Crippen LogP contribution in [0.3, 0.4) is 0 Å². The van der Waals surface area contributed by atoms with Gasteiger partial charge in [0.2, 0.25) is 0 Å². The predicted octanol–water partition coefficient (Wildman–Crippen LogP) is 1.76. The number of hydrogen-bond donors (Lipinski definition) is 0. The molecular formula is C16H16N4O2. The number of benzene rings is 1. The second kappa shape index (κ2) is 5.38. The number of fused-ring (bicyclic) bond motifs is 1. The molecule has 1 unspecified atom stereocenters. The van der Waals surface area contributed by atoms with Crippen molar-refractivity contribution in [3.63, 3.8) is 0 Å². The average molecular weight is 296 g/mol. The third-order valence-electron chi connectivity index (χ3n) is 3.98. The van der Waals surface area contributed by atoms with Crippen LogP contribution in [-0.2, 0) is 11.3 Å². The highest BCUT2D eigenvalue weighted by molar-refractivity contribution is 5.74. The Morgan fingerprint density at radius 1 is 1.27 bits per heavy atom. The molecular weight excluding hydrogens is 280 g/mol. The van der Waals surface area contributed by atoms with Crippen LogP contribution in [-0.4, -0.2) is 32.0 Å². The zero-order valence-electron chi connectivity index (χ0n) is 12.1. The molecule has 112 valence electrons. The molecule has 0 aliphatic carbocycles. The first kappa shape index (κ1) is 13.2. The summed E-state index contributed by atoms with van der Waals surface area (Å²) in [5.74, 6) is 0. The summed E-state index contributed by atoms with van der Waals surface area (Å²) in [5.41, 5.74) is 1.41. The lowest BCUT2D eigenvalue weighted by atomic mass is 10.2. The van der Waals surface area contributed by atoms with Gasteiger partial charge in [0.05, 0.1) is 24.5 Å².